The summed E-state index contributed by atoms with van der Waals surface area (Å²) < 4.78 is 0. The molecule has 0 spiro atoms. The molecule has 4 nitrogen and oxygen atoms in total. The van der Waals surface area contributed by atoms with Crippen LogP contribution in [0, 0.1) is 0 Å². The van der Waals surface area contributed by atoms with Crippen molar-refractivity contribution in [3.8, 4) is 0 Å². The van der Waals surface area contributed by atoms with Gasteiger partial charge < -0.3 is 20.4 Å². The lowest BCUT2D eigenvalue weighted by atomic mass is 10.1. The second-order valence-corrected chi connectivity index (χ2v) is 4.43. The van der Waals surface area contributed by atoms with Crippen molar-refractivity contribution >= 4 is 0 Å². The molecule has 0 saturated carbocycles. The monoisotopic (exact) mass is 262 g/mol. The Balaban J connectivity index is 0. The molecule has 0 rings (SSSR count). The van der Waals surface area contributed by atoms with Crippen LogP contribution in [-0.2, 0) is 0 Å². The van der Waals surface area contributed by atoms with E-state index in [1.165, 1.54) is 12.8 Å². The second kappa shape index (κ2) is 16.6. The zero-order valence-corrected chi connectivity index (χ0v) is 11.8. The Kier molecular flexibility index (Phi) is 18.3. The van der Waals surface area contributed by atoms with E-state index in [0.717, 1.165) is 25.7 Å². The molecule has 0 aromatic carbocycles. The van der Waals surface area contributed by atoms with Crippen LogP contribution in [0.4, 0.5) is 0 Å². The summed E-state index contributed by atoms with van der Waals surface area (Å²) in [5.41, 5.74) is 0. The Morgan fingerprint density at radius 1 is 0.667 bits per heavy atom. The van der Waals surface area contributed by atoms with E-state index in [4.69, 9.17) is 20.4 Å². The lowest BCUT2D eigenvalue weighted by Crippen LogP contribution is -1.97. The average Bonchev–Trinajstić information content (AvgIpc) is 2.32. The minimum Gasteiger partial charge on any atom is -0.396 e. The van der Waals surface area contributed by atoms with Crippen molar-refractivity contribution in [1.82, 2.24) is 0 Å². The summed E-state index contributed by atoms with van der Waals surface area (Å²) in [5.74, 6) is 0. The van der Waals surface area contributed by atoms with E-state index < -0.39 is 12.2 Å². The first-order chi connectivity index (χ1) is 8.54. The maximum Gasteiger partial charge on any atom is 0.0693 e. The van der Waals surface area contributed by atoms with Gasteiger partial charge >= 0.3 is 0 Å². The van der Waals surface area contributed by atoms with Gasteiger partial charge in [-0.25, -0.2) is 0 Å². The van der Waals surface area contributed by atoms with Gasteiger partial charge in [-0.3, -0.25) is 0 Å². The predicted octanol–water partition coefficient (Wildman–Crippen LogP) is 1.62. The third-order valence-electron chi connectivity index (χ3n) is 2.23. The molecule has 0 fully saturated rings. The van der Waals surface area contributed by atoms with Gasteiger partial charge in [-0.05, 0) is 26.7 Å². The molecule has 18 heavy (non-hydrogen) atoms. The van der Waals surface area contributed by atoms with Gasteiger partial charge in [0.15, 0.2) is 0 Å². The molecule has 0 bridgehead atoms. The smallest absolute Gasteiger partial charge is 0.0693 e. The largest absolute Gasteiger partial charge is 0.396 e. The predicted molar refractivity (Wildman–Crippen MR) is 74.4 cm³/mol. The van der Waals surface area contributed by atoms with E-state index >= 15 is 0 Å². The van der Waals surface area contributed by atoms with Gasteiger partial charge in [-0.2, -0.15) is 0 Å². The highest BCUT2D eigenvalue weighted by Gasteiger charge is 1.88. The van der Waals surface area contributed by atoms with Crippen molar-refractivity contribution in [3.63, 3.8) is 0 Å². The van der Waals surface area contributed by atoms with Gasteiger partial charge in [-0.15, -0.1) is 0 Å². The molecule has 0 aliphatic carbocycles. The summed E-state index contributed by atoms with van der Waals surface area (Å²) in [7, 11) is 0. The minimum atomic E-state index is -0.454. The molecule has 2 unspecified atom stereocenters. The Morgan fingerprint density at radius 3 is 1.17 bits per heavy atom. The highest BCUT2D eigenvalue weighted by atomic mass is 16.3. The van der Waals surface area contributed by atoms with Crippen LogP contribution >= 0.6 is 0 Å². The first-order valence-electron chi connectivity index (χ1n) is 6.80. The summed E-state index contributed by atoms with van der Waals surface area (Å²) in [6, 6.07) is 0. The SMILES string of the molecule is CC(O)/C=C/C(C)O.OCCCCCCCCO. The van der Waals surface area contributed by atoms with Crippen molar-refractivity contribution in [2.24, 2.45) is 0 Å². The van der Waals surface area contributed by atoms with Crippen LogP contribution in [0.25, 0.3) is 0 Å². The number of hydrogen-bond acceptors (Lipinski definition) is 4. The van der Waals surface area contributed by atoms with Crippen LogP contribution in [-0.4, -0.2) is 45.8 Å². The molecule has 0 aliphatic rings. The van der Waals surface area contributed by atoms with E-state index in [1.54, 1.807) is 26.0 Å². The van der Waals surface area contributed by atoms with E-state index in [-0.39, 0.29) is 0 Å². The lowest BCUT2D eigenvalue weighted by molar-refractivity contribution is 0.228. The molecule has 110 valence electrons. The molecule has 0 aromatic heterocycles. The molecule has 0 aromatic rings. The summed E-state index contributed by atoms with van der Waals surface area (Å²) in [6.07, 6.45) is 8.69. The topological polar surface area (TPSA) is 80.9 Å². The van der Waals surface area contributed by atoms with Gasteiger partial charge in [0.05, 0.1) is 12.2 Å². The summed E-state index contributed by atoms with van der Waals surface area (Å²) in [4.78, 5) is 0. The van der Waals surface area contributed by atoms with Crippen LogP contribution in [0.15, 0.2) is 12.2 Å². The molecular formula is C14H30O4. The summed E-state index contributed by atoms with van der Waals surface area (Å²) in [6.45, 7) is 3.91. The van der Waals surface area contributed by atoms with E-state index in [2.05, 4.69) is 0 Å². The van der Waals surface area contributed by atoms with E-state index in [1.807, 2.05) is 0 Å². The van der Waals surface area contributed by atoms with E-state index in [0.29, 0.717) is 13.2 Å². The van der Waals surface area contributed by atoms with Gasteiger partial charge in [0.2, 0.25) is 0 Å². The highest BCUT2D eigenvalue weighted by molar-refractivity contribution is 4.89. The third-order valence-corrected chi connectivity index (χ3v) is 2.23. The molecular weight excluding hydrogens is 232 g/mol. The van der Waals surface area contributed by atoms with Crippen LogP contribution in [0.5, 0.6) is 0 Å². The average molecular weight is 262 g/mol. The fraction of sp³-hybridized carbons (Fsp3) is 0.857. The lowest BCUT2D eigenvalue weighted by Gasteiger charge is -1.97. The van der Waals surface area contributed by atoms with Crippen LogP contribution < -0.4 is 0 Å². The fourth-order valence-corrected chi connectivity index (χ4v) is 1.25. The Morgan fingerprint density at radius 2 is 0.944 bits per heavy atom. The highest BCUT2D eigenvalue weighted by Crippen LogP contribution is 2.03. The van der Waals surface area contributed by atoms with Crippen LogP contribution in [0.3, 0.4) is 0 Å². The standard InChI is InChI=1S/C8H18O2.C6H12O2/c9-7-5-3-1-2-4-6-8-10;1-5(7)3-4-6(2)8/h9-10H,1-8H2;3-8H,1-2H3/b;4-3+. The zero-order valence-electron chi connectivity index (χ0n) is 11.8. The normalized spacial score (nSPS) is 14.1. The Labute approximate surface area is 111 Å². The number of aliphatic hydroxyl groups is 4. The minimum absolute atomic E-state index is 0.319. The molecule has 0 radical (unpaired) electrons. The maximum absolute atomic E-state index is 8.60. The Bertz CT molecular complexity index is 149. The molecule has 2 atom stereocenters. The third kappa shape index (κ3) is 24.7. The molecule has 4 N–H and O–H groups in total. The number of aliphatic hydroxyl groups excluding tert-OH is 4. The zero-order chi connectivity index (χ0) is 14.2. The van der Waals surface area contributed by atoms with E-state index in [9.17, 15) is 0 Å². The molecule has 0 aliphatic heterocycles. The van der Waals surface area contributed by atoms with Gasteiger partial charge in [-0.1, -0.05) is 37.8 Å². The second-order valence-electron chi connectivity index (χ2n) is 4.43. The summed E-state index contributed by atoms with van der Waals surface area (Å²) >= 11 is 0. The van der Waals surface area contributed by atoms with Crippen molar-refractivity contribution in [2.45, 2.75) is 64.6 Å². The van der Waals surface area contributed by atoms with Gasteiger partial charge in [0.1, 0.15) is 0 Å². The van der Waals surface area contributed by atoms with Crippen molar-refractivity contribution in [1.29, 1.82) is 0 Å². The fourth-order valence-electron chi connectivity index (χ4n) is 1.25. The van der Waals surface area contributed by atoms with Crippen molar-refractivity contribution in [3.05, 3.63) is 12.2 Å². The quantitative estimate of drug-likeness (QED) is 0.376. The number of rotatable bonds is 9. The van der Waals surface area contributed by atoms with Crippen LogP contribution in [0.1, 0.15) is 52.4 Å². The molecule has 0 heterocycles. The first kappa shape index (κ1) is 19.9. The molecule has 0 saturated heterocycles. The number of unbranched alkanes of at least 4 members (excludes halogenated alkanes) is 5. The molecule has 0 amide bonds. The number of hydrogen-bond donors (Lipinski definition) is 4. The van der Waals surface area contributed by atoms with Gasteiger partial charge in [0.25, 0.3) is 0 Å². The summed E-state index contributed by atoms with van der Waals surface area (Å²) in [5, 5.41) is 34.1. The first-order valence-corrected chi connectivity index (χ1v) is 6.80. The van der Waals surface area contributed by atoms with Crippen molar-refractivity contribution < 1.29 is 20.4 Å². The van der Waals surface area contributed by atoms with Crippen LogP contribution in [0.2, 0.25) is 0 Å². The molecule has 4 heteroatoms. The van der Waals surface area contributed by atoms with Crippen molar-refractivity contribution in [2.75, 3.05) is 13.2 Å². The van der Waals surface area contributed by atoms with Gasteiger partial charge in [0, 0.05) is 13.2 Å². The maximum atomic E-state index is 8.60. The Hall–Kier alpha value is -0.420.